The van der Waals surface area contributed by atoms with E-state index in [1.807, 2.05) is 25.1 Å². The zero-order valence-electron chi connectivity index (χ0n) is 16.2. The number of nitrogens with zero attached hydrogens (tertiary/aromatic N) is 3. The summed E-state index contributed by atoms with van der Waals surface area (Å²) in [7, 11) is 0. The molecule has 0 aliphatic carbocycles. The first kappa shape index (κ1) is 19.1. The summed E-state index contributed by atoms with van der Waals surface area (Å²) < 4.78 is 5.75. The lowest BCUT2D eigenvalue weighted by Crippen LogP contribution is -1.93. The highest BCUT2D eigenvalue weighted by Crippen LogP contribution is 2.34. The van der Waals surface area contributed by atoms with Gasteiger partial charge in [-0.2, -0.15) is 0 Å². The summed E-state index contributed by atoms with van der Waals surface area (Å²) in [5.74, 6) is 0.142. The molecule has 4 rings (SSSR count). The highest BCUT2D eigenvalue weighted by Gasteiger charge is 2.15. The Balaban J connectivity index is 1.72. The number of nitro groups is 1. The van der Waals surface area contributed by atoms with E-state index in [1.165, 1.54) is 24.4 Å². The molecule has 0 aliphatic rings. The van der Waals surface area contributed by atoms with Crippen LogP contribution in [0.2, 0.25) is 0 Å². The Labute approximate surface area is 170 Å². The molecule has 1 aromatic heterocycles. The van der Waals surface area contributed by atoms with E-state index in [0.29, 0.717) is 27.9 Å². The van der Waals surface area contributed by atoms with Crippen LogP contribution in [0, 0.1) is 24.0 Å². The molecule has 8 nitrogen and oxygen atoms in total. The molecule has 1 heterocycles. The summed E-state index contributed by atoms with van der Waals surface area (Å²) in [4.78, 5) is 19.2. The van der Waals surface area contributed by atoms with Crippen LogP contribution in [0.25, 0.3) is 22.6 Å². The van der Waals surface area contributed by atoms with Gasteiger partial charge in [-0.05, 0) is 55.3 Å². The minimum absolute atomic E-state index is 0.0220. The van der Waals surface area contributed by atoms with Crippen molar-refractivity contribution in [1.82, 2.24) is 4.98 Å². The van der Waals surface area contributed by atoms with Gasteiger partial charge in [0.05, 0.1) is 16.2 Å². The summed E-state index contributed by atoms with van der Waals surface area (Å²) in [5, 5.41) is 31.5. The molecule has 2 N–H and O–H groups in total. The van der Waals surface area contributed by atoms with Crippen LogP contribution in [-0.4, -0.2) is 26.3 Å². The number of aromatic nitrogens is 1. The number of aliphatic imine (C=N–C) groups is 1. The van der Waals surface area contributed by atoms with Crippen molar-refractivity contribution in [1.29, 1.82) is 0 Å². The maximum absolute atomic E-state index is 11.1. The molecule has 30 heavy (non-hydrogen) atoms. The number of aromatic hydroxyl groups is 2. The molecule has 0 aliphatic heterocycles. The van der Waals surface area contributed by atoms with Crippen molar-refractivity contribution in [3.05, 3.63) is 75.3 Å². The molecular formula is C22H17N3O5. The zero-order chi connectivity index (χ0) is 21.4. The quantitative estimate of drug-likeness (QED) is 0.275. The molecular weight excluding hydrogens is 386 g/mol. The van der Waals surface area contributed by atoms with E-state index in [2.05, 4.69) is 9.98 Å². The van der Waals surface area contributed by atoms with E-state index >= 15 is 0 Å². The van der Waals surface area contributed by atoms with Crippen molar-refractivity contribution in [3.63, 3.8) is 0 Å². The Hall–Kier alpha value is -4.20. The van der Waals surface area contributed by atoms with Crippen LogP contribution in [0.1, 0.15) is 16.7 Å². The van der Waals surface area contributed by atoms with Crippen LogP contribution >= 0.6 is 0 Å². The molecule has 0 saturated heterocycles. The maximum atomic E-state index is 11.1. The average molecular weight is 403 g/mol. The van der Waals surface area contributed by atoms with Crippen molar-refractivity contribution in [2.45, 2.75) is 13.8 Å². The third-order valence-electron chi connectivity index (χ3n) is 4.63. The first-order chi connectivity index (χ1) is 14.3. The van der Waals surface area contributed by atoms with E-state index in [0.717, 1.165) is 5.56 Å². The van der Waals surface area contributed by atoms with Crippen LogP contribution in [0.5, 0.6) is 11.5 Å². The van der Waals surface area contributed by atoms with Gasteiger partial charge in [0.1, 0.15) is 17.0 Å². The fourth-order valence-corrected chi connectivity index (χ4v) is 3.06. The Morgan fingerprint density at radius 3 is 2.67 bits per heavy atom. The van der Waals surface area contributed by atoms with Gasteiger partial charge in [0.2, 0.25) is 5.89 Å². The number of hydrogen-bond donors (Lipinski definition) is 2. The SMILES string of the molecule is Cc1ccc2oc(-c3cc(N=Cc4cc([N+](=O)[O-])cc(C)c4O)ccc3O)nc2c1. The van der Waals surface area contributed by atoms with Gasteiger partial charge in [0.25, 0.3) is 5.69 Å². The van der Waals surface area contributed by atoms with Gasteiger partial charge in [-0.1, -0.05) is 6.07 Å². The first-order valence-corrected chi connectivity index (χ1v) is 9.04. The lowest BCUT2D eigenvalue weighted by Gasteiger charge is -2.04. The number of non-ortho nitro benzene ring substituents is 1. The third-order valence-corrected chi connectivity index (χ3v) is 4.63. The molecule has 3 aromatic carbocycles. The second-order valence-electron chi connectivity index (χ2n) is 6.91. The van der Waals surface area contributed by atoms with Crippen LogP contribution in [0.15, 0.2) is 57.9 Å². The summed E-state index contributed by atoms with van der Waals surface area (Å²) in [6.07, 6.45) is 1.33. The van der Waals surface area contributed by atoms with Gasteiger partial charge in [-0.3, -0.25) is 15.1 Å². The molecule has 0 spiro atoms. The van der Waals surface area contributed by atoms with Crippen LogP contribution in [0.4, 0.5) is 11.4 Å². The van der Waals surface area contributed by atoms with Crippen LogP contribution in [0.3, 0.4) is 0 Å². The number of benzene rings is 3. The smallest absolute Gasteiger partial charge is 0.270 e. The van der Waals surface area contributed by atoms with Gasteiger partial charge < -0.3 is 14.6 Å². The van der Waals surface area contributed by atoms with E-state index in [1.54, 1.807) is 19.1 Å². The third kappa shape index (κ3) is 3.58. The Morgan fingerprint density at radius 2 is 1.90 bits per heavy atom. The van der Waals surface area contributed by atoms with E-state index < -0.39 is 4.92 Å². The highest BCUT2D eigenvalue weighted by molar-refractivity contribution is 5.87. The molecule has 0 atom stereocenters. The van der Waals surface area contributed by atoms with Crippen LogP contribution in [-0.2, 0) is 0 Å². The largest absolute Gasteiger partial charge is 0.507 e. The highest BCUT2D eigenvalue weighted by atomic mass is 16.6. The van der Waals surface area contributed by atoms with Gasteiger partial charge in [0.15, 0.2) is 5.58 Å². The Bertz CT molecular complexity index is 1320. The zero-order valence-corrected chi connectivity index (χ0v) is 16.2. The molecule has 150 valence electrons. The van der Waals surface area contributed by atoms with Crippen molar-refractivity contribution in [2.24, 2.45) is 4.99 Å². The summed E-state index contributed by atoms with van der Waals surface area (Å²) in [5.41, 5.74) is 3.57. The topological polar surface area (TPSA) is 122 Å². The van der Waals surface area contributed by atoms with Crippen LogP contribution < -0.4 is 0 Å². The second-order valence-corrected chi connectivity index (χ2v) is 6.91. The maximum Gasteiger partial charge on any atom is 0.270 e. The number of fused-ring (bicyclic) bond motifs is 1. The number of oxazole rings is 1. The molecule has 4 aromatic rings. The fourth-order valence-electron chi connectivity index (χ4n) is 3.06. The minimum Gasteiger partial charge on any atom is -0.507 e. The molecule has 0 unspecified atom stereocenters. The van der Waals surface area contributed by atoms with Gasteiger partial charge in [-0.15, -0.1) is 0 Å². The Morgan fingerprint density at radius 1 is 1.10 bits per heavy atom. The molecule has 0 fully saturated rings. The predicted molar refractivity (Wildman–Crippen MR) is 113 cm³/mol. The number of aryl methyl sites for hydroxylation is 2. The predicted octanol–water partition coefficient (Wildman–Crippen LogP) is 5.18. The lowest BCUT2D eigenvalue weighted by atomic mass is 10.1. The second kappa shape index (κ2) is 7.32. The van der Waals surface area contributed by atoms with Crippen molar-refractivity contribution >= 4 is 28.7 Å². The molecule has 0 bridgehead atoms. The standard InChI is InChI=1S/C22H17N3O5/c1-12-3-6-20-18(7-12)24-22(30-20)17-10-15(4-5-19(17)26)23-11-14-9-16(25(28)29)8-13(2)21(14)27/h3-11,26-27H,1-2H3. The number of phenolic OH excluding ortho intramolecular Hbond substituents is 2. The van der Waals surface area contributed by atoms with Gasteiger partial charge >= 0.3 is 0 Å². The number of nitro benzene ring substituents is 1. The number of hydrogen-bond acceptors (Lipinski definition) is 7. The number of phenols is 2. The van der Waals surface area contributed by atoms with E-state index in [9.17, 15) is 20.3 Å². The summed E-state index contributed by atoms with van der Waals surface area (Å²) in [6, 6.07) is 12.8. The van der Waals surface area contributed by atoms with E-state index in [-0.39, 0.29) is 28.6 Å². The van der Waals surface area contributed by atoms with Crippen molar-refractivity contribution in [3.8, 4) is 23.0 Å². The Kier molecular flexibility index (Phi) is 4.67. The first-order valence-electron chi connectivity index (χ1n) is 9.04. The lowest BCUT2D eigenvalue weighted by molar-refractivity contribution is -0.384. The fraction of sp³-hybridized carbons (Fsp3) is 0.0909. The van der Waals surface area contributed by atoms with E-state index in [4.69, 9.17) is 4.42 Å². The monoisotopic (exact) mass is 403 g/mol. The molecule has 0 amide bonds. The molecule has 8 heteroatoms. The van der Waals surface area contributed by atoms with Crippen molar-refractivity contribution < 1.29 is 19.6 Å². The summed E-state index contributed by atoms with van der Waals surface area (Å²) >= 11 is 0. The minimum atomic E-state index is -0.530. The normalized spacial score (nSPS) is 11.4. The molecule has 0 saturated carbocycles. The number of rotatable bonds is 4. The molecule has 0 radical (unpaired) electrons. The van der Waals surface area contributed by atoms with Gasteiger partial charge in [0, 0.05) is 23.9 Å². The van der Waals surface area contributed by atoms with Crippen molar-refractivity contribution in [2.75, 3.05) is 0 Å². The van der Waals surface area contributed by atoms with Gasteiger partial charge in [-0.25, -0.2) is 4.98 Å². The summed E-state index contributed by atoms with van der Waals surface area (Å²) in [6.45, 7) is 3.53. The average Bonchev–Trinajstić information content (AvgIpc) is 3.12.